The summed E-state index contributed by atoms with van der Waals surface area (Å²) in [6.45, 7) is 0.428. The molecule has 1 aliphatic heterocycles. The summed E-state index contributed by atoms with van der Waals surface area (Å²) < 4.78 is 11.1. The maximum absolute atomic E-state index is 11.5. The zero-order valence-corrected chi connectivity index (χ0v) is 14.5. The van der Waals surface area contributed by atoms with E-state index in [0.29, 0.717) is 16.8 Å². The maximum atomic E-state index is 11.5. The van der Waals surface area contributed by atoms with Crippen molar-refractivity contribution in [2.45, 2.75) is 11.2 Å². The van der Waals surface area contributed by atoms with E-state index in [9.17, 15) is 4.79 Å². The Morgan fingerprint density at radius 3 is 2.57 bits per heavy atom. The highest BCUT2D eigenvalue weighted by molar-refractivity contribution is 8.19. The summed E-state index contributed by atoms with van der Waals surface area (Å²) in [6.07, 6.45) is 0. The minimum Gasteiger partial charge on any atom is -0.489 e. The number of thioether (sulfide) groups is 2. The Hall–Kier alpha value is -1.59. The molecular weight excluding hydrogens is 328 g/mol. The van der Waals surface area contributed by atoms with Crippen molar-refractivity contribution in [1.82, 2.24) is 0 Å². The van der Waals surface area contributed by atoms with Crippen LogP contribution in [0, 0.1) is 0 Å². The van der Waals surface area contributed by atoms with Gasteiger partial charge in [-0.15, -0.1) is 23.5 Å². The minimum absolute atomic E-state index is 0.331. The Bertz CT molecular complexity index is 664. The van der Waals surface area contributed by atoms with Gasteiger partial charge in [0.15, 0.2) is 0 Å². The lowest BCUT2D eigenvalue weighted by atomic mass is 10.1. The van der Waals surface area contributed by atoms with Crippen LogP contribution in [0.25, 0.3) is 0 Å². The lowest BCUT2D eigenvalue weighted by molar-refractivity contribution is 0.0600. The number of hydrogen-bond donors (Lipinski definition) is 0. The Kier molecular flexibility index (Phi) is 5.51. The van der Waals surface area contributed by atoms with Crippen molar-refractivity contribution in [2.24, 2.45) is 0 Å². The van der Waals surface area contributed by atoms with Gasteiger partial charge in [-0.2, -0.15) is 0 Å². The van der Waals surface area contributed by atoms with Gasteiger partial charge in [0.05, 0.1) is 17.3 Å². The van der Waals surface area contributed by atoms with Gasteiger partial charge < -0.3 is 9.47 Å². The van der Waals surface area contributed by atoms with Crippen LogP contribution >= 0.6 is 23.5 Å². The van der Waals surface area contributed by atoms with Gasteiger partial charge in [0.2, 0.25) is 0 Å². The molecule has 1 fully saturated rings. The van der Waals surface area contributed by atoms with Crippen molar-refractivity contribution >= 4 is 29.5 Å². The van der Waals surface area contributed by atoms with E-state index >= 15 is 0 Å². The molecule has 0 radical (unpaired) electrons. The van der Waals surface area contributed by atoms with Crippen LogP contribution in [0.15, 0.2) is 48.5 Å². The molecule has 0 saturated carbocycles. The molecule has 0 atom stereocenters. The number of ether oxygens (including phenoxy) is 2. The van der Waals surface area contributed by atoms with E-state index in [0.717, 1.165) is 11.3 Å². The first-order valence-corrected chi connectivity index (χ1v) is 9.49. The van der Waals surface area contributed by atoms with Gasteiger partial charge in [0, 0.05) is 11.5 Å². The summed E-state index contributed by atoms with van der Waals surface area (Å²) in [5.74, 6) is 2.96. The standard InChI is InChI=1S/C18H18O3S2/c1-20-17(19)15-4-2-3-13(11-15)12-21-16-7-5-14(6-8-16)18-22-9-10-23-18/h2-8,11,18H,9-10,12H2,1H3. The maximum Gasteiger partial charge on any atom is 0.337 e. The number of carbonyl (C=O) groups excluding carboxylic acids is 1. The van der Waals surface area contributed by atoms with E-state index in [1.807, 2.05) is 47.8 Å². The monoisotopic (exact) mass is 346 g/mol. The SMILES string of the molecule is COC(=O)c1cccc(COc2ccc(C3SCCS3)cc2)c1. The quantitative estimate of drug-likeness (QED) is 0.743. The second-order valence-corrected chi connectivity index (χ2v) is 7.85. The first-order valence-electron chi connectivity index (χ1n) is 7.39. The smallest absolute Gasteiger partial charge is 0.337 e. The number of carbonyl (C=O) groups is 1. The zero-order valence-electron chi connectivity index (χ0n) is 12.9. The van der Waals surface area contributed by atoms with E-state index in [4.69, 9.17) is 9.47 Å². The van der Waals surface area contributed by atoms with Crippen LogP contribution in [0.4, 0.5) is 0 Å². The Morgan fingerprint density at radius 1 is 1.13 bits per heavy atom. The summed E-state index contributed by atoms with van der Waals surface area (Å²) in [4.78, 5) is 11.5. The van der Waals surface area contributed by atoms with Crippen LogP contribution in [0.1, 0.15) is 26.1 Å². The normalized spacial score (nSPS) is 14.7. The summed E-state index contributed by atoms with van der Waals surface area (Å²) in [5.41, 5.74) is 2.83. The van der Waals surface area contributed by atoms with Crippen LogP contribution < -0.4 is 4.74 Å². The van der Waals surface area contributed by atoms with Crippen molar-refractivity contribution in [2.75, 3.05) is 18.6 Å². The van der Waals surface area contributed by atoms with Crippen LogP contribution in [0.2, 0.25) is 0 Å². The summed E-state index contributed by atoms with van der Waals surface area (Å²) in [7, 11) is 1.38. The van der Waals surface area contributed by atoms with E-state index in [2.05, 4.69) is 12.1 Å². The Morgan fingerprint density at radius 2 is 1.87 bits per heavy atom. The van der Waals surface area contributed by atoms with Gasteiger partial charge >= 0.3 is 5.97 Å². The van der Waals surface area contributed by atoms with Crippen LogP contribution in [-0.4, -0.2) is 24.6 Å². The molecule has 0 amide bonds. The number of rotatable bonds is 5. The highest BCUT2D eigenvalue weighted by Gasteiger charge is 2.17. The van der Waals surface area contributed by atoms with Crippen molar-refractivity contribution < 1.29 is 14.3 Å². The molecule has 2 aromatic rings. The van der Waals surface area contributed by atoms with Crippen molar-refractivity contribution in [3.05, 3.63) is 65.2 Å². The molecule has 1 heterocycles. The highest BCUT2D eigenvalue weighted by atomic mass is 32.2. The summed E-state index contributed by atoms with van der Waals surface area (Å²) in [5, 5.41) is 0. The van der Waals surface area contributed by atoms with Gasteiger partial charge in [0.25, 0.3) is 0 Å². The van der Waals surface area contributed by atoms with E-state index < -0.39 is 0 Å². The molecule has 2 aromatic carbocycles. The molecule has 0 spiro atoms. The first kappa shape index (κ1) is 16.3. The molecule has 1 saturated heterocycles. The Labute approximate surface area is 144 Å². The molecule has 23 heavy (non-hydrogen) atoms. The third-order valence-electron chi connectivity index (χ3n) is 3.53. The highest BCUT2D eigenvalue weighted by Crippen LogP contribution is 2.45. The molecule has 0 unspecified atom stereocenters. The predicted octanol–water partition coefficient (Wildman–Crippen LogP) is 4.53. The molecule has 0 aliphatic carbocycles. The predicted molar refractivity (Wildman–Crippen MR) is 96.2 cm³/mol. The molecular formula is C18H18O3S2. The van der Waals surface area contributed by atoms with Crippen LogP contribution in [0.5, 0.6) is 5.75 Å². The summed E-state index contributed by atoms with van der Waals surface area (Å²) >= 11 is 3.99. The molecule has 0 aromatic heterocycles. The second-order valence-electron chi connectivity index (χ2n) is 5.12. The van der Waals surface area contributed by atoms with Crippen molar-refractivity contribution in [3.63, 3.8) is 0 Å². The molecule has 0 bridgehead atoms. The van der Waals surface area contributed by atoms with Gasteiger partial charge in [-0.25, -0.2) is 4.79 Å². The fourth-order valence-electron chi connectivity index (χ4n) is 2.34. The molecule has 0 N–H and O–H groups in total. The summed E-state index contributed by atoms with van der Waals surface area (Å²) in [6, 6.07) is 15.6. The number of methoxy groups -OCH3 is 1. The third kappa shape index (κ3) is 4.24. The van der Waals surface area contributed by atoms with Gasteiger partial charge in [-0.1, -0.05) is 24.3 Å². The molecule has 1 aliphatic rings. The molecule has 3 nitrogen and oxygen atoms in total. The topological polar surface area (TPSA) is 35.5 Å². The number of hydrogen-bond acceptors (Lipinski definition) is 5. The van der Waals surface area contributed by atoms with Crippen molar-refractivity contribution in [1.29, 1.82) is 0 Å². The van der Waals surface area contributed by atoms with Crippen LogP contribution in [0.3, 0.4) is 0 Å². The number of benzene rings is 2. The van der Waals surface area contributed by atoms with Gasteiger partial charge in [-0.05, 0) is 35.4 Å². The van der Waals surface area contributed by atoms with Crippen molar-refractivity contribution in [3.8, 4) is 5.75 Å². The van der Waals surface area contributed by atoms with Gasteiger partial charge in [-0.3, -0.25) is 0 Å². The minimum atomic E-state index is -0.331. The largest absolute Gasteiger partial charge is 0.489 e. The fraction of sp³-hybridized carbons (Fsp3) is 0.278. The molecule has 5 heteroatoms. The number of esters is 1. The molecule has 120 valence electrons. The average molecular weight is 346 g/mol. The lowest BCUT2D eigenvalue weighted by Crippen LogP contribution is -2.03. The lowest BCUT2D eigenvalue weighted by Gasteiger charge is -2.11. The fourth-order valence-corrected chi connectivity index (χ4v) is 5.20. The Balaban J connectivity index is 1.60. The van der Waals surface area contributed by atoms with E-state index in [1.165, 1.54) is 24.2 Å². The second kappa shape index (κ2) is 7.79. The average Bonchev–Trinajstić information content (AvgIpc) is 3.14. The molecule has 3 rings (SSSR count). The van der Waals surface area contributed by atoms with Gasteiger partial charge in [0.1, 0.15) is 12.4 Å². The van der Waals surface area contributed by atoms with E-state index in [-0.39, 0.29) is 5.97 Å². The first-order chi connectivity index (χ1) is 11.3. The van der Waals surface area contributed by atoms with E-state index in [1.54, 1.807) is 12.1 Å². The third-order valence-corrected chi connectivity index (χ3v) is 6.63. The zero-order chi connectivity index (χ0) is 16.1. The van der Waals surface area contributed by atoms with Crippen LogP contribution in [-0.2, 0) is 11.3 Å².